The molecule has 0 amide bonds. The molecule has 0 saturated heterocycles. The van der Waals surface area contributed by atoms with Gasteiger partial charge in [0.05, 0.1) is 6.61 Å². The van der Waals surface area contributed by atoms with Crippen molar-refractivity contribution in [2.24, 2.45) is 5.41 Å². The minimum atomic E-state index is 0.522. The van der Waals surface area contributed by atoms with Gasteiger partial charge < -0.3 is 10.1 Å². The fourth-order valence-corrected chi connectivity index (χ4v) is 3.16. The highest BCUT2D eigenvalue weighted by Gasteiger charge is 2.37. The molecule has 2 aliphatic carbocycles. The Morgan fingerprint density at radius 2 is 2.16 bits per heavy atom. The lowest BCUT2D eigenvalue weighted by Crippen LogP contribution is -2.41. The maximum Gasteiger partial charge on any atom is 0.120 e. The molecule has 3 heteroatoms. The largest absolute Gasteiger partial charge is 0.494 e. The van der Waals surface area contributed by atoms with Crippen LogP contribution >= 0.6 is 15.9 Å². The summed E-state index contributed by atoms with van der Waals surface area (Å²) >= 11 is 3.48. The summed E-state index contributed by atoms with van der Waals surface area (Å²) in [5.41, 5.74) is 0.522. The SMILES string of the molecule is Brc1cccc(OCCC2(CNC3CC3)CCC2)c1. The van der Waals surface area contributed by atoms with Gasteiger partial charge in [-0.2, -0.15) is 0 Å². The average molecular weight is 324 g/mol. The van der Waals surface area contributed by atoms with Crippen molar-refractivity contribution in [3.8, 4) is 5.75 Å². The number of rotatable bonds is 7. The van der Waals surface area contributed by atoms with Crippen LogP contribution in [0.15, 0.2) is 28.7 Å². The first-order chi connectivity index (χ1) is 9.26. The minimum absolute atomic E-state index is 0.522. The molecule has 0 bridgehead atoms. The number of hydrogen-bond acceptors (Lipinski definition) is 2. The normalized spacial score (nSPS) is 20.9. The number of nitrogens with one attached hydrogen (secondary N) is 1. The molecular formula is C16H22BrNO. The molecule has 3 rings (SSSR count). The van der Waals surface area contributed by atoms with Gasteiger partial charge in [-0.1, -0.05) is 28.4 Å². The Morgan fingerprint density at radius 3 is 2.79 bits per heavy atom. The second-order valence-corrected chi connectivity index (χ2v) is 6.98. The summed E-state index contributed by atoms with van der Waals surface area (Å²) in [6.45, 7) is 2.03. The smallest absolute Gasteiger partial charge is 0.120 e. The summed E-state index contributed by atoms with van der Waals surface area (Å²) in [5, 5.41) is 3.69. The third-order valence-corrected chi connectivity index (χ3v) is 4.95. The van der Waals surface area contributed by atoms with E-state index < -0.39 is 0 Å². The van der Waals surface area contributed by atoms with Crippen molar-refractivity contribution >= 4 is 15.9 Å². The molecule has 0 spiro atoms. The Kier molecular flexibility index (Phi) is 4.13. The molecule has 0 heterocycles. The van der Waals surface area contributed by atoms with Crippen molar-refractivity contribution < 1.29 is 4.74 Å². The van der Waals surface area contributed by atoms with Gasteiger partial charge in [0.25, 0.3) is 0 Å². The van der Waals surface area contributed by atoms with Gasteiger partial charge in [-0.15, -0.1) is 0 Å². The molecule has 2 nitrogen and oxygen atoms in total. The van der Waals surface area contributed by atoms with Crippen molar-refractivity contribution in [1.29, 1.82) is 0 Å². The zero-order valence-electron chi connectivity index (χ0n) is 11.3. The van der Waals surface area contributed by atoms with Gasteiger partial charge in [-0.05, 0) is 55.7 Å². The third kappa shape index (κ3) is 3.73. The first-order valence-corrected chi connectivity index (χ1v) is 8.17. The van der Waals surface area contributed by atoms with Gasteiger partial charge in [0.15, 0.2) is 0 Å². The van der Waals surface area contributed by atoms with E-state index >= 15 is 0 Å². The van der Waals surface area contributed by atoms with E-state index in [9.17, 15) is 0 Å². The molecule has 0 aliphatic heterocycles. The molecule has 0 radical (unpaired) electrons. The van der Waals surface area contributed by atoms with Crippen LogP contribution in [-0.4, -0.2) is 19.2 Å². The van der Waals surface area contributed by atoms with Crippen molar-refractivity contribution in [3.05, 3.63) is 28.7 Å². The molecule has 1 aromatic carbocycles. The fourth-order valence-electron chi connectivity index (χ4n) is 2.78. The number of halogens is 1. The molecule has 0 atom stereocenters. The van der Waals surface area contributed by atoms with E-state index in [0.717, 1.165) is 22.9 Å². The molecule has 104 valence electrons. The lowest BCUT2D eigenvalue weighted by Gasteiger charge is -2.42. The summed E-state index contributed by atoms with van der Waals surface area (Å²) < 4.78 is 6.97. The molecule has 0 aromatic heterocycles. The van der Waals surface area contributed by atoms with Crippen LogP contribution in [0.4, 0.5) is 0 Å². The minimum Gasteiger partial charge on any atom is -0.494 e. The van der Waals surface area contributed by atoms with Crippen LogP contribution in [-0.2, 0) is 0 Å². The summed E-state index contributed by atoms with van der Waals surface area (Å²) in [5.74, 6) is 0.971. The molecule has 2 saturated carbocycles. The lowest BCUT2D eigenvalue weighted by molar-refractivity contribution is 0.0916. The zero-order chi connectivity index (χ0) is 13.1. The maximum absolute atomic E-state index is 5.88. The average Bonchev–Trinajstić information content (AvgIpc) is 3.15. The van der Waals surface area contributed by atoms with Crippen LogP contribution in [0.1, 0.15) is 38.5 Å². The summed E-state index contributed by atoms with van der Waals surface area (Å²) in [4.78, 5) is 0. The molecule has 1 N–H and O–H groups in total. The van der Waals surface area contributed by atoms with Crippen LogP contribution in [0.2, 0.25) is 0 Å². The summed E-state index contributed by atoms with van der Waals surface area (Å²) in [7, 11) is 0. The second kappa shape index (κ2) is 5.84. The van der Waals surface area contributed by atoms with Gasteiger partial charge in [0.1, 0.15) is 5.75 Å². The number of ether oxygens (including phenoxy) is 1. The molecule has 0 unspecified atom stereocenters. The van der Waals surface area contributed by atoms with Gasteiger partial charge in [0, 0.05) is 17.1 Å². The Labute approximate surface area is 124 Å². The Hall–Kier alpha value is -0.540. The van der Waals surface area contributed by atoms with E-state index in [1.807, 2.05) is 24.3 Å². The Morgan fingerprint density at radius 1 is 1.32 bits per heavy atom. The van der Waals surface area contributed by atoms with Crippen LogP contribution in [0, 0.1) is 5.41 Å². The highest BCUT2D eigenvalue weighted by Crippen LogP contribution is 2.44. The summed E-state index contributed by atoms with van der Waals surface area (Å²) in [6.07, 6.45) is 8.07. The second-order valence-electron chi connectivity index (χ2n) is 6.06. The standard InChI is InChI=1S/C16H22BrNO/c17-13-3-1-4-15(11-13)19-10-9-16(7-2-8-16)12-18-14-5-6-14/h1,3-4,11,14,18H,2,5-10,12H2. The quantitative estimate of drug-likeness (QED) is 0.814. The summed E-state index contributed by atoms with van der Waals surface area (Å²) in [6, 6.07) is 8.94. The van der Waals surface area contributed by atoms with Crippen molar-refractivity contribution in [3.63, 3.8) is 0 Å². The van der Waals surface area contributed by atoms with Crippen LogP contribution in [0.3, 0.4) is 0 Å². The van der Waals surface area contributed by atoms with E-state index in [1.165, 1.54) is 45.1 Å². The van der Waals surface area contributed by atoms with Gasteiger partial charge in [-0.25, -0.2) is 0 Å². The number of hydrogen-bond donors (Lipinski definition) is 1. The van der Waals surface area contributed by atoms with Crippen LogP contribution in [0.5, 0.6) is 5.75 Å². The Bertz CT molecular complexity index is 427. The van der Waals surface area contributed by atoms with Crippen molar-refractivity contribution in [2.45, 2.75) is 44.6 Å². The van der Waals surface area contributed by atoms with Crippen molar-refractivity contribution in [1.82, 2.24) is 5.32 Å². The topological polar surface area (TPSA) is 21.3 Å². The monoisotopic (exact) mass is 323 g/mol. The third-order valence-electron chi connectivity index (χ3n) is 4.45. The Balaban J connectivity index is 1.44. The highest BCUT2D eigenvalue weighted by atomic mass is 79.9. The molecule has 1 aromatic rings. The first kappa shape index (κ1) is 13.4. The predicted octanol–water partition coefficient (Wildman–Crippen LogP) is 4.14. The zero-order valence-corrected chi connectivity index (χ0v) is 12.9. The predicted molar refractivity (Wildman–Crippen MR) is 81.6 cm³/mol. The maximum atomic E-state index is 5.88. The highest BCUT2D eigenvalue weighted by molar-refractivity contribution is 9.10. The van der Waals surface area contributed by atoms with E-state index in [0.29, 0.717) is 5.41 Å². The molecule has 2 aliphatic rings. The van der Waals surface area contributed by atoms with E-state index in [4.69, 9.17) is 4.74 Å². The fraction of sp³-hybridized carbons (Fsp3) is 0.625. The lowest BCUT2D eigenvalue weighted by atomic mass is 9.66. The number of benzene rings is 1. The van der Waals surface area contributed by atoms with E-state index in [1.54, 1.807) is 0 Å². The van der Waals surface area contributed by atoms with E-state index in [2.05, 4.69) is 21.2 Å². The van der Waals surface area contributed by atoms with Crippen molar-refractivity contribution in [2.75, 3.05) is 13.2 Å². The van der Waals surface area contributed by atoms with Crippen LogP contribution < -0.4 is 10.1 Å². The van der Waals surface area contributed by atoms with E-state index in [-0.39, 0.29) is 0 Å². The van der Waals surface area contributed by atoms with Gasteiger partial charge in [0.2, 0.25) is 0 Å². The molecule has 2 fully saturated rings. The van der Waals surface area contributed by atoms with Crippen LogP contribution in [0.25, 0.3) is 0 Å². The first-order valence-electron chi connectivity index (χ1n) is 7.38. The van der Waals surface area contributed by atoms with Gasteiger partial charge in [-0.3, -0.25) is 0 Å². The molecule has 19 heavy (non-hydrogen) atoms. The molecular weight excluding hydrogens is 302 g/mol. The van der Waals surface area contributed by atoms with Gasteiger partial charge >= 0.3 is 0 Å².